The SMILES string of the molecule is COS(=O)(=O)[O-].Cn1c(-c2ccccc2)c(OCC2CCCCC2)c(-c2ccccc2)[n+]1C. The summed E-state index contributed by atoms with van der Waals surface area (Å²) in [4.78, 5) is 0. The van der Waals surface area contributed by atoms with Gasteiger partial charge in [0.25, 0.3) is 5.69 Å². The number of rotatable bonds is 6. The molecule has 0 radical (unpaired) electrons. The standard InChI is InChI=1S/C24H29N2O.CH4O4S/c1-25-22(20-14-8-4-9-15-20)24(27-18-19-12-6-3-7-13-19)23(26(25)2)21-16-10-5-11-17-21;1-5-6(2,3)4/h4-5,8-11,14-17,19H,3,6-7,12-13,18H2,1-2H3;1H3,(H,2,3,4)/q+1;/p-1. The Labute approximate surface area is 196 Å². The summed E-state index contributed by atoms with van der Waals surface area (Å²) in [5.74, 6) is 1.68. The second kappa shape index (κ2) is 11.4. The lowest BCUT2D eigenvalue weighted by Crippen LogP contribution is -2.39. The molecule has 8 heteroatoms. The van der Waals surface area contributed by atoms with Gasteiger partial charge in [-0.1, -0.05) is 67.8 Å². The Hall–Kier alpha value is -2.68. The molecular weight excluding hydrogens is 440 g/mol. The maximum Gasteiger partial charge on any atom is 0.280 e. The van der Waals surface area contributed by atoms with Crippen molar-refractivity contribution in [2.24, 2.45) is 20.0 Å². The Kier molecular flexibility index (Phi) is 8.66. The minimum absolute atomic E-state index is 0.677. The van der Waals surface area contributed by atoms with Crippen molar-refractivity contribution in [3.05, 3.63) is 60.7 Å². The highest BCUT2D eigenvalue weighted by Crippen LogP contribution is 2.38. The average Bonchev–Trinajstić information content (AvgIpc) is 3.09. The highest BCUT2D eigenvalue weighted by molar-refractivity contribution is 7.80. The van der Waals surface area contributed by atoms with E-state index in [0.717, 1.165) is 30.9 Å². The molecule has 0 aliphatic heterocycles. The van der Waals surface area contributed by atoms with E-state index >= 15 is 0 Å². The summed E-state index contributed by atoms with van der Waals surface area (Å²) in [6.45, 7) is 0.809. The van der Waals surface area contributed by atoms with Crippen LogP contribution in [0.5, 0.6) is 5.75 Å². The fraction of sp³-hybridized carbons (Fsp3) is 0.400. The molecule has 1 aromatic heterocycles. The largest absolute Gasteiger partial charge is 0.726 e. The molecule has 0 spiro atoms. The molecule has 1 saturated carbocycles. The highest BCUT2D eigenvalue weighted by atomic mass is 32.3. The molecule has 0 N–H and O–H groups in total. The first-order chi connectivity index (χ1) is 15.8. The molecule has 0 bridgehead atoms. The maximum absolute atomic E-state index is 9.22. The van der Waals surface area contributed by atoms with E-state index in [1.165, 1.54) is 43.2 Å². The van der Waals surface area contributed by atoms with Crippen LogP contribution in [0.3, 0.4) is 0 Å². The fourth-order valence-corrected chi connectivity index (χ4v) is 4.23. The molecule has 1 aliphatic carbocycles. The summed E-state index contributed by atoms with van der Waals surface area (Å²) in [6, 6.07) is 21.2. The van der Waals surface area contributed by atoms with Crippen LogP contribution in [0, 0.1) is 5.92 Å². The maximum atomic E-state index is 9.22. The second-order valence-electron chi connectivity index (χ2n) is 8.20. The predicted octanol–water partition coefficient (Wildman–Crippen LogP) is 4.24. The molecular formula is C25H32N2O5S. The second-order valence-corrected chi connectivity index (χ2v) is 9.35. The molecule has 0 unspecified atom stereocenters. The summed E-state index contributed by atoms with van der Waals surface area (Å²) in [5, 5.41) is 0. The van der Waals surface area contributed by atoms with Crippen molar-refractivity contribution in [3.63, 3.8) is 0 Å². The molecule has 2 aromatic carbocycles. The summed E-state index contributed by atoms with van der Waals surface area (Å²) >= 11 is 0. The first-order valence-corrected chi connectivity index (χ1v) is 12.5. The average molecular weight is 473 g/mol. The van der Waals surface area contributed by atoms with Crippen LogP contribution in [-0.4, -0.2) is 31.4 Å². The van der Waals surface area contributed by atoms with Gasteiger partial charge in [0.1, 0.15) is 0 Å². The van der Waals surface area contributed by atoms with Crippen LogP contribution in [0.2, 0.25) is 0 Å². The molecule has 0 atom stereocenters. The Bertz CT molecular complexity index is 1060. The van der Waals surface area contributed by atoms with Crippen LogP contribution in [0.25, 0.3) is 22.5 Å². The van der Waals surface area contributed by atoms with Crippen LogP contribution >= 0.6 is 0 Å². The molecule has 3 aromatic rings. The minimum Gasteiger partial charge on any atom is -0.726 e. The van der Waals surface area contributed by atoms with Gasteiger partial charge >= 0.3 is 0 Å². The van der Waals surface area contributed by atoms with E-state index in [9.17, 15) is 13.0 Å². The number of benzene rings is 2. The van der Waals surface area contributed by atoms with Crippen molar-refractivity contribution < 1.29 is 26.6 Å². The molecule has 0 saturated heterocycles. The van der Waals surface area contributed by atoms with E-state index in [0.29, 0.717) is 5.92 Å². The number of hydrogen-bond donors (Lipinski definition) is 0. The Morgan fingerprint density at radius 2 is 1.48 bits per heavy atom. The number of hydrogen-bond acceptors (Lipinski definition) is 5. The van der Waals surface area contributed by atoms with Gasteiger partial charge in [-0.2, -0.15) is 4.68 Å². The van der Waals surface area contributed by atoms with E-state index < -0.39 is 10.4 Å². The Morgan fingerprint density at radius 3 is 2.00 bits per heavy atom. The van der Waals surface area contributed by atoms with E-state index in [2.05, 4.69) is 88.3 Å². The third-order valence-corrected chi connectivity index (χ3v) is 6.42. The summed E-state index contributed by atoms with van der Waals surface area (Å²) in [7, 11) is 0.623. The van der Waals surface area contributed by atoms with Gasteiger partial charge in [-0.3, -0.25) is 4.18 Å². The van der Waals surface area contributed by atoms with Gasteiger partial charge in [0.05, 0.1) is 26.3 Å². The van der Waals surface area contributed by atoms with Crippen molar-refractivity contribution in [1.29, 1.82) is 0 Å². The lowest BCUT2D eigenvalue weighted by molar-refractivity contribution is -0.740. The lowest BCUT2D eigenvalue weighted by atomic mass is 9.90. The highest BCUT2D eigenvalue weighted by Gasteiger charge is 2.30. The molecule has 1 aliphatic rings. The van der Waals surface area contributed by atoms with Crippen molar-refractivity contribution in [3.8, 4) is 28.3 Å². The zero-order valence-electron chi connectivity index (χ0n) is 19.4. The zero-order chi connectivity index (χ0) is 23.8. The summed E-state index contributed by atoms with van der Waals surface area (Å²) < 4.78 is 42.0. The molecule has 7 nitrogen and oxygen atoms in total. The van der Waals surface area contributed by atoms with Gasteiger partial charge in [-0.25, -0.2) is 8.42 Å². The van der Waals surface area contributed by atoms with E-state index in [4.69, 9.17) is 4.74 Å². The van der Waals surface area contributed by atoms with Crippen LogP contribution in [0.1, 0.15) is 32.1 Å². The molecule has 0 amide bonds. The molecule has 33 heavy (non-hydrogen) atoms. The van der Waals surface area contributed by atoms with Gasteiger partial charge in [0, 0.05) is 5.56 Å². The third-order valence-electron chi connectivity index (χ3n) is 6.01. The molecule has 1 heterocycles. The topological polar surface area (TPSA) is 84.5 Å². The summed E-state index contributed by atoms with van der Waals surface area (Å²) in [6.07, 6.45) is 6.64. The van der Waals surface area contributed by atoms with Crippen LogP contribution in [0.4, 0.5) is 0 Å². The lowest BCUT2D eigenvalue weighted by Gasteiger charge is -2.21. The number of aromatic nitrogens is 2. The summed E-state index contributed by atoms with van der Waals surface area (Å²) in [5.41, 5.74) is 4.67. The van der Waals surface area contributed by atoms with Crippen LogP contribution in [-0.2, 0) is 28.7 Å². The van der Waals surface area contributed by atoms with E-state index in [1.54, 1.807) is 0 Å². The monoisotopic (exact) mass is 472 g/mol. The van der Waals surface area contributed by atoms with Crippen molar-refractivity contribution in [1.82, 2.24) is 4.68 Å². The quantitative estimate of drug-likeness (QED) is 0.304. The molecule has 178 valence electrons. The van der Waals surface area contributed by atoms with Crippen molar-refractivity contribution >= 4 is 10.4 Å². The Morgan fingerprint density at radius 1 is 0.970 bits per heavy atom. The van der Waals surface area contributed by atoms with Gasteiger partial charge in [0.2, 0.25) is 16.1 Å². The van der Waals surface area contributed by atoms with Gasteiger partial charge in [0.15, 0.2) is 12.7 Å². The Balaban J connectivity index is 0.000000454. The van der Waals surface area contributed by atoms with Crippen molar-refractivity contribution in [2.75, 3.05) is 13.7 Å². The minimum atomic E-state index is -4.41. The molecule has 4 rings (SSSR count). The first-order valence-electron chi connectivity index (χ1n) is 11.2. The predicted molar refractivity (Wildman–Crippen MR) is 126 cm³/mol. The third kappa shape index (κ3) is 6.66. The van der Waals surface area contributed by atoms with Crippen LogP contribution in [0.15, 0.2) is 60.7 Å². The van der Waals surface area contributed by atoms with E-state index in [1.807, 2.05) is 0 Å². The smallest absolute Gasteiger partial charge is 0.280 e. The fourth-order valence-electron chi connectivity index (χ4n) is 4.23. The van der Waals surface area contributed by atoms with E-state index in [-0.39, 0.29) is 0 Å². The normalized spacial score (nSPS) is 14.4. The first kappa shape index (κ1) is 25.0. The number of nitrogens with zero attached hydrogens (tertiary/aromatic N) is 2. The number of ether oxygens (including phenoxy) is 1. The van der Waals surface area contributed by atoms with Crippen LogP contribution < -0.4 is 9.42 Å². The van der Waals surface area contributed by atoms with Gasteiger partial charge in [-0.15, -0.1) is 4.68 Å². The van der Waals surface area contributed by atoms with Crippen molar-refractivity contribution in [2.45, 2.75) is 32.1 Å². The molecule has 1 fully saturated rings. The van der Waals surface area contributed by atoms with Gasteiger partial charge < -0.3 is 9.29 Å². The zero-order valence-corrected chi connectivity index (χ0v) is 20.3. The van der Waals surface area contributed by atoms with Gasteiger partial charge in [-0.05, 0) is 30.9 Å².